The summed E-state index contributed by atoms with van der Waals surface area (Å²) in [5.41, 5.74) is 0. The van der Waals surface area contributed by atoms with Crippen molar-refractivity contribution in [1.82, 2.24) is 0 Å². The lowest BCUT2D eigenvalue weighted by molar-refractivity contribution is 0.0976. The van der Waals surface area contributed by atoms with Gasteiger partial charge in [0.1, 0.15) is 0 Å². The van der Waals surface area contributed by atoms with E-state index in [9.17, 15) is 0 Å². The molecule has 0 aromatic heterocycles. The second-order valence-corrected chi connectivity index (χ2v) is 2.60. The molecule has 0 radical (unpaired) electrons. The largest absolute Gasteiger partial charge is 0.454 e. The van der Waals surface area contributed by atoms with Crippen molar-refractivity contribution in [3.8, 4) is 0 Å². The average molecular weight is 140 g/mol. The maximum absolute atomic E-state index is 5.12. The molecule has 10 heavy (non-hydrogen) atoms. The highest BCUT2D eigenvalue weighted by molar-refractivity contribution is 5.19. The number of hydrogen-bond acceptors (Lipinski definition) is 2. The maximum atomic E-state index is 5.12. The van der Waals surface area contributed by atoms with Crippen LogP contribution in [-0.4, -0.2) is 6.79 Å². The summed E-state index contributed by atoms with van der Waals surface area (Å²) in [7, 11) is 0. The number of hydrogen-bond donors (Lipinski definition) is 0. The van der Waals surface area contributed by atoms with Crippen molar-refractivity contribution in [1.29, 1.82) is 0 Å². The van der Waals surface area contributed by atoms with E-state index in [4.69, 9.17) is 9.47 Å². The third kappa shape index (κ3) is 1.53. The third-order valence-electron chi connectivity index (χ3n) is 1.21. The molecule has 1 aliphatic rings. The lowest BCUT2D eigenvalue weighted by Crippen LogP contribution is -1.86. The Morgan fingerprint density at radius 1 is 1.50 bits per heavy atom. The van der Waals surface area contributed by atoms with Crippen LogP contribution >= 0.6 is 0 Å². The molecule has 0 saturated carbocycles. The zero-order valence-electron chi connectivity index (χ0n) is 6.39. The van der Waals surface area contributed by atoms with Crippen LogP contribution in [0.3, 0.4) is 0 Å². The molecule has 2 nitrogen and oxygen atoms in total. The molecule has 0 aromatic rings. The van der Waals surface area contributed by atoms with E-state index in [0.717, 1.165) is 5.76 Å². The van der Waals surface area contributed by atoms with Crippen LogP contribution in [0.5, 0.6) is 0 Å². The standard InChI is InChI=1S/C8H12O2/c1-6(2)4-8-7(3)9-5-10-8/h4,6H,3,5H2,1-2H3/b8-4+. The highest BCUT2D eigenvalue weighted by Gasteiger charge is 2.13. The summed E-state index contributed by atoms with van der Waals surface area (Å²) < 4.78 is 10.1. The second-order valence-electron chi connectivity index (χ2n) is 2.60. The summed E-state index contributed by atoms with van der Waals surface area (Å²) in [4.78, 5) is 0. The molecule has 0 bridgehead atoms. The summed E-state index contributed by atoms with van der Waals surface area (Å²) in [6, 6.07) is 0. The van der Waals surface area contributed by atoms with Gasteiger partial charge in [-0.05, 0) is 12.0 Å². The Morgan fingerprint density at radius 3 is 2.60 bits per heavy atom. The summed E-state index contributed by atoms with van der Waals surface area (Å²) in [6.45, 7) is 8.16. The molecular weight excluding hydrogens is 128 g/mol. The number of allylic oxidation sites excluding steroid dienone is 1. The lowest BCUT2D eigenvalue weighted by Gasteiger charge is -1.97. The molecule has 0 amide bonds. The van der Waals surface area contributed by atoms with E-state index in [2.05, 4.69) is 20.4 Å². The van der Waals surface area contributed by atoms with Gasteiger partial charge in [0, 0.05) is 0 Å². The van der Waals surface area contributed by atoms with Gasteiger partial charge in [0.2, 0.25) is 6.79 Å². The number of rotatable bonds is 1. The SMILES string of the molecule is C=C1OCO/C1=C/C(C)C. The molecule has 1 aliphatic heterocycles. The lowest BCUT2D eigenvalue weighted by atomic mass is 10.2. The molecule has 1 fully saturated rings. The van der Waals surface area contributed by atoms with Gasteiger partial charge in [-0.15, -0.1) is 0 Å². The number of ether oxygens (including phenoxy) is 2. The third-order valence-corrected chi connectivity index (χ3v) is 1.21. The van der Waals surface area contributed by atoms with Crippen molar-refractivity contribution < 1.29 is 9.47 Å². The van der Waals surface area contributed by atoms with Crippen LogP contribution in [0.25, 0.3) is 0 Å². The Labute approximate surface area is 61.1 Å². The predicted molar refractivity (Wildman–Crippen MR) is 39.1 cm³/mol. The summed E-state index contributed by atoms with van der Waals surface area (Å²) in [5.74, 6) is 1.91. The van der Waals surface area contributed by atoms with E-state index >= 15 is 0 Å². The molecule has 0 aliphatic carbocycles. The summed E-state index contributed by atoms with van der Waals surface area (Å²) in [6.07, 6.45) is 2.00. The fraction of sp³-hybridized carbons (Fsp3) is 0.500. The first-order chi connectivity index (χ1) is 4.70. The highest BCUT2D eigenvalue weighted by Crippen LogP contribution is 2.20. The molecule has 2 heteroatoms. The van der Waals surface area contributed by atoms with Crippen molar-refractivity contribution in [2.45, 2.75) is 13.8 Å². The van der Waals surface area contributed by atoms with E-state index in [1.165, 1.54) is 0 Å². The quantitative estimate of drug-likeness (QED) is 0.555. The highest BCUT2D eigenvalue weighted by atomic mass is 16.7. The molecule has 0 spiro atoms. The topological polar surface area (TPSA) is 18.5 Å². The fourth-order valence-corrected chi connectivity index (χ4v) is 0.760. The van der Waals surface area contributed by atoms with E-state index in [0.29, 0.717) is 18.5 Å². The van der Waals surface area contributed by atoms with Crippen LogP contribution in [-0.2, 0) is 9.47 Å². The minimum absolute atomic E-state index is 0.317. The van der Waals surface area contributed by atoms with Gasteiger partial charge in [-0.2, -0.15) is 0 Å². The van der Waals surface area contributed by atoms with Gasteiger partial charge < -0.3 is 9.47 Å². The predicted octanol–water partition coefficient (Wildman–Crippen LogP) is 2.04. The molecule has 0 aromatic carbocycles. The van der Waals surface area contributed by atoms with Crippen LogP contribution in [0.1, 0.15) is 13.8 Å². The monoisotopic (exact) mass is 140 g/mol. The first-order valence-electron chi connectivity index (χ1n) is 3.37. The minimum Gasteiger partial charge on any atom is -0.454 e. The first kappa shape index (κ1) is 7.19. The van der Waals surface area contributed by atoms with Gasteiger partial charge in [-0.1, -0.05) is 20.4 Å². The Bertz CT molecular complexity index is 168. The van der Waals surface area contributed by atoms with Crippen LogP contribution < -0.4 is 0 Å². The Hall–Kier alpha value is -0.920. The van der Waals surface area contributed by atoms with Gasteiger partial charge in [0.25, 0.3) is 0 Å². The maximum Gasteiger partial charge on any atom is 0.231 e. The van der Waals surface area contributed by atoms with Crippen molar-refractivity contribution >= 4 is 0 Å². The molecule has 1 saturated heterocycles. The second kappa shape index (κ2) is 2.78. The fourth-order valence-electron chi connectivity index (χ4n) is 0.760. The Morgan fingerprint density at radius 2 is 2.20 bits per heavy atom. The van der Waals surface area contributed by atoms with Crippen molar-refractivity contribution in [3.63, 3.8) is 0 Å². The molecular formula is C8H12O2. The van der Waals surface area contributed by atoms with E-state index < -0.39 is 0 Å². The average Bonchev–Trinajstić information content (AvgIpc) is 2.15. The van der Waals surface area contributed by atoms with Gasteiger partial charge in [0.05, 0.1) is 0 Å². The molecule has 56 valence electrons. The van der Waals surface area contributed by atoms with Crippen molar-refractivity contribution in [3.05, 3.63) is 24.2 Å². The van der Waals surface area contributed by atoms with Crippen molar-refractivity contribution in [2.24, 2.45) is 5.92 Å². The van der Waals surface area contributed by atoms with Crippen LogP contribution in [0.15, 0.2) is 24.2 Å². The Balaban J connectivity index is 2.62. The minimum atomic E-state index is 0.317. The van der Waals surface area contributed by atoms with Gasteiger partial charge in [-0.25, -0.2) is 0 Å². The summed E-state index contributed by atoms with van der Waals surface area (Å²) in [5, 5.41) is 0. The molecule has 0 atom stereocenters. The molecule has 0 unspecified atom stereocenters. The zero-order chi connectivity index (χ0) is 7.56. The molecule has 1 heterocycles. The van der Waals surface area contributed by atoms with Gasteiger partial charge in [0.15, 0.2) is 11.5 Å². The van der Waals surface area contributed by atoms with Crippen LogP contribution in [0, 0.1) is 5.92 Å². The molecule has 1 rings (SSSR count). The summed E-state index contributed by atoms with van der Waals surface area (Å²) >= 11 is 0. The van der Waals surface area contributed by atoms with E-state index in [1.54, 1.807) is 0 Å². The molecule has 0 N–H and O–H groups in total. The normalized spacial score (nSPS) is 21.5. The van der Waals surface area contributed by atoms with E-state index in [1.807, 2.05) is 6.08 Å². The van der Waals surface area contributed by atoms with Crippen LogP contribution in [0.2, 0.25) is 0 Å². The smallest absolute Gasteiger partial charge is 0.231 e. The zero-order valence-corrected chi connectivity index (χ0v) is 6.39. The Kier molecular flexibility index (Phi) is 2.00. The van der Waals surface area contributed by atoms with Crippen LogP contribution in [0.4, 0.5) is 0 Å². The van der Waals surface area contributed by atoms with Gasteiger partial charge >= 0.3 is 0 Å². The van der Waals surface area contributed by atoms with Crippen molar-refractivity contribution in [2.75, 3.05) is 6.79 Å². The van der Waals surface area contributed by atoms with Gasteiger partial charge in [-0.3, -0.25) is 0 Å². The first-order valence-corrected chi connectivity index (χ1v) is 3.37. The van der Waals surface area contributed by atoms with E-state index in [-0.39, 0.29) is 0 Å².